The van der Waals surface area contributed by atoms with Gasteiger partial charge in [0.2, 0.25) is 5.95 Å². The number of aromatic nitrogens is 3. The van der Waals surface area contributed by atoms with Crippen molar-refractivity contribution in [1.29, 1.82) is 0 Å². The van der Waals surface area contributed by atoms with Crippen LogP contribution in [0.5, 0.6) is 0 Å². The van der Waals surface area contributed by atoms with Crippen molar-refractivity contribution in [2.45, 2.75) is 20.3 Å². The van der Waals surface area contributed by atoms with E-state index < -0.39 is 7.14 Å². The minimum absolute atomic E-state index is 0.192. The first-order valence-electron chi connectivity index (χ1n) is 12.1. The Morgan fingerprint density at radius 2 is 1.61 bits per heavy atom. The standard InChI is InChI=1S/C28H30N5O2P/c1-3-36(35,4-2)19-15-21-8-10-23(11-9-21)27(34)31-24-6-5-7-25(20-24)32-28-30-18-14-26(33-28)22-12-16-29-17-13-22/h5-14,16-18,20H,3-4,15,19H2,1-2H3,(H,31,34)(H,30,32,33). The van der Waals surface area contributed by atoms with Gasteiger partial charge in [0.1, 0.15) is 0 Å². The van der Waals surface area contributed by atoms with Gasteiger partial charge < -0.3 is 15.2 Å². The van der Waals surface area contributed by atoms with Crippen LogP contribution in [0.1, 0.15) is 29.8 Å². The molecular formula is C28H30N5O2P. The molecule has 184 valence electrons. The maximum absolute atomic E-state index is 12.8. The Morgan fingerprint density at radius 1 is 0.889 bits per heavy atom. The van der Waals surface area contributed by atoms with Gasteiger partial charge in [-0.2, -0.15) is 0 Å². The Bertz CT molecular complexity index is 1350. The van der Waals surface area contributed by atoms with Crippen LogP contribution in [-0.2, 0) is 11.0 Å². The summed E-state index contributed by atoms with van der Waals surface area (Å²) in [4.78, 5) is 25.7. The Balaban J connectivity index is 1.39. The Hall–Kier alpha value is -3.83. The highest BCUT2D eigenvalue weighted by Gasteiger charge is 2.16. The SMILES string of the molecule is CCP(=O)(CC)CCc1ccc(C(=O)Nc2cccc(Nc3nccc(-c4ccncc4)n3)c2)cc1. The fourth-order valence-electron chi connectivity index (χ4n) is 3.80. The molecule has 2 N–H and O–H groups in total. The van der Waals surface area contributed by atoms with E-state index in [1.807, 2.05) is 80.6 Å². The number of nitrogens with zero attached hydrogens (tertiary/aromatic N) is 3. The number of anilines is 3. The highest BCUT2D eigenvalue weighted by molar-refractivity contribution is 7.63. The van der Waals surface area contributed by atoms with E-state index in [0.717, 1.165) is 41.3 Å². The number of rotatable bonds is 10. The van der Waals surface area contributed by atoms with Crippen LogP contribution in [-0.4, -0.2) is 39.3 Å². The van der Waals surface area contributed by atoms with Crippen LogP contribution in [0.3, 0.4) is 0 Å². The molecule has 2 aromatic carbocycles. The van der Waals surface area contributed by atoms with Crippen LogP contribution in [0.4, 0.5) is 17.3 Å². The van der Waals surface area contributed by atoms with Gasteiger partial charge in [-0.05, 0) is 72.8 Å². The van der Waals surface area contributed by atoms with Crippen molar-refractivity contribution < 1.29 is 9.36 Å². The molecule has 0 saturated heterocycles. The molecule has 0 saturated carbocycles. The summed E-state index contributed by atoms with van der Waals surface area (Å²) in [6.45, 7) is 3.99. The lowest BCUT2D eigenvalue weighted by molar-refractivity contribution is 0.102. The summed E-state index contributed by atoms with van der Waals surface area (Å²) in [6.07, 6.45) is 8.09. The van der Waals surface area contributed by atoms with Gasteiger partial charge >= 0.3 is 0 Å². The second-order valence-electron chi connectivity index (χ2n) is 8.52. The number of amides is 1. The first kappa shape index (κ1) is 25.3. The van der Waals surface area contributed by atoms with Crippen molar-refractivity contribution in [2.24, 2.45) is 0 Å². The average Bonchev–Trinajstić information content (AvgIpc) is 2.93. The maximum Gasteiger partial charge on any atom is 0.255 e. The monoisotopic (exact) mass is 499 g/mol. The van der Waals surface area contributed by atoms with Crippen LogP contribution in [0.2, 0.25) is 0 Å². The molecule has 36 heavy (non-hydrogen) atoms. The predicted molar refractivity (Wildman–Crippen MR) is 147 cm³/mol. The second kappa shape index (κ2) is 11.7. The van der Waals surface area contributed by atoms with Crippen LogP contribution in [0, 0.1) is 0 Å². The van der Waals surface area contributed by atoms with Crippen LogP contribution in [0.15, 0.2) is 85.3 Å². The highest BCUT2D eigenvalue weighted by Crippen LogP contribution is 2.44. The number of carbonyl (C=O) groups excluding carboxylic acids is 1. The molecule has 2 aromatic heterocycles. The quantitative estimate of drug-likeness (QED) is 0.242. The molecule has 2 heterocycles. The summed E-state index contributed by atoms with van der Waals surface area (Å²) in [5, 5.41) is 6.14. The minimum Gasteiger partial charge on any atom is -0.324 e. The first-order valence-corrected chi connectivity index (χ1v) is 14.3. The fourth-order valence-corrected chi connectivity index (χ4v) is 5.55. The maximum atomic E-state index is 12.8. The number of hydrogen-bond acceptors (Lipinski definition) is 6. The molecule has 7 nitrogen and oxygen atoms in total. The largest absolute Gasteiger partial charge is 0.324 e. The van der Waals surface area contributed by atoms with Crippen molar-refractivity contribution in [2.75, 3.05) is 29.1 Å². The molecule has 0 bridgehead atoms. The molecule has 0 radical (unpaired) electrons. The van der Waals surface area contributed by atoms with Crippen LogP contribution >= 0.6 is 7.14 Å². The molecule has 0 unspecified atom stereocenters. The molecule has 8 heteroatoms. The topological polar surface area (TPSA) is 96.9 Å². The summed E-state index contributed by atoms with van der Waals surface area (Å²) in [7, 11) is -2.07. The van der Waals surface area contributed by atoms with Gasteiger partial charge in [0, 0.05) is 47.3 Å². The number of aryl methyl sites for hydroxylation is 1. The van der Waals surface area contributed by atoms with E-state index in [-0.39, 0.29) is 5.91 Å². The Kier molecular flexibility index (Phi) is 8.24. The van der Waals surface area contributed by atoms with Gasteiger partial charge in [0.05, 0.1) is 12.8 Å². The van der Waals surface area contributed by atoms with Gasteiger partial charge in [-0.3, -0.25) is 9.78 Å². The number of pyridine rings is 1. The van der Waals surface area contributed by atoms with Gasteiger partial charge in [0.25, 0.3) is 5.91 Å². The van der Waals surface area contributed by atoms with Crippen LogP contribution < -0.4 is 10.6 Å². The first-order chi connectivity index (χ1) is 17.5. The number of nitrogens with one attached hydrogen (secondary N) is 2. The molecule has 0 aliphatic carbocycles. The zero-order valence-corrected chi connectivity index (χ0v) is 21.4. The van der Waals surface area contributed by atoms with E-state index in [0.29, 0.717) is 23.4 Å². The molecule has 1 amide bonds. The fraction of sp³-hybridized carbons (Fsp3) is 0.214. The lowest BCUT2D eigenvalue weighted by atomic mass is 10.1. The molecule has 0 aliphatic rings. The van der Waals surface area contributed by atoms with E-state index in [2.05, 4.69) is 25.6 Å². The van der Waals surface area contributed by atoms with Crippen molar-refractivity contribution in [1.82, 2.24) is 15.0 Å². The molecular weight excluding hydrogens is 469 g/mol. The van der Waals surface area contributed by atoms with Crippen molar-refractivity contribution >= 4 is 30.4 Å². The van der Waals surface area contributed by atoms with E-state index in [4.69, 9.17) is 0 Å². The third-order valence-corrected chi connectivity index (χ3v) is 9.53. The van der Waals surface area contributed by atoms with Gasteiger partial charge in [-0.25, -0.2) is 9.97 Å². The van der Waals surface area contributed by atoms with E-state index in [1.165, 1.54) is 0 Å². The number of carbonyl (C=O) groups is 1. The number of hydrogen-bond donors (Lipinski definition) is 2. The number of benzene rings is 2. The third kappa shape index (κ3) is 6.64. The van der Waals surface area contributed by atoms with Gasteiger partial charge in [0.15, 0.2) is 0 Å². The lowest BCUT2D eigenvalue weighted by Gasteiger charge is -2.14. The van der Waals surface area contributed by atoms with Gasteiger partial charge in [-0.1, -0.05) is 32.0 Å². The van der Waals surface area contributed by atoms with Crippen molar-refractivity contribution in [3.63, 3.8) is 0 Å². The molecule has 4 aromatic rings. The highest BCUT2D eigenvalue weighted by atomic mass is 31.2. The lowest BCUT2D eigenvalue weighted by Crippen LogP contribution is -2.12. The van der Waals surface area contributed by atoms with Crippen molar-refractivity contribution in [3.05, 3.63) is 96.4 Å². The molecule has 0 aliphatic heterocycles. The predicted octanol–water partition coefficient (Wildman–Crippen LogP) is 6.48. The van der Waals surface area contributed by atoms with E-state index in [1.54, 1.807) is 18.6 Å². The van der Waals surface area contributed by atoms with Crippen molar-refractivity contribution in [3.8, 4) is 11.3 Å². The second-order valence-corrected chi connectivity index (χ2v) is 12.4. The Morgan fingerprint density at radius 3 is 2.33 bits per heavy atom. The van der Waals surface area contributed by atoms with Crippen LogP contribution in [0.25, 0.3) is 11.3 Å². The summed E-state index contributed by atoms with van der Waals surface area (Å²) in [5.74, 6) is 0.265. The summed E-state index contributed by atoms with van der Waals surface area (Å²) >= 11 is 0. The molecule has 0 spiro atoms. The molecule has 0 atom stereocenters. The van der Waals surface area contributed by atoms with E-state index in [9.17, 15) is 9.36 Å². The summed E-state index contributed by atoms with van der Waals surface area (Å²) < 4.78 is 12.6. The smallest absolute Gasteiger partial charge is 0.255 e. The van der Waals surface area contributed by atoms with Gasteiger partial charge in [-0.15, -0.1) is 0 Å². The molecule has 0 fully saturated rings. The summed E-state index contributed by atoms with van der Waals surface area (Å²) in [6, 6.07) is 20.5. The normalized spacial score (nSPS) is 11.2. The zero-order chi connectivity index (χ0) is 25.4. The Labute approximate surface area is 211 Å². The average molecular weight is 500 g/mol. The van der Waals surface area contributed by atoms with E-state index >= 15 is 0 Å². The zero-order valence-electron chi connectivity index (χ0n) is 20.5. The molecule has 4 rings (SSSR count). The minimum atomic E-state index is -2.07. The third-order valence-electron chi connectivity index (χ3n) is 6.18. The summed E-state index contributed by atoms with van der Waals surface area (Å²) in [5.41, 5.74) is 4.81.